The maximum Gasteiger partial charge on any atom is 0.317 e. The van der Waals surface area contributed by atoms with E-state index in [0.717, 1.165) is 9.35 Å². The Kier molecular flexibility index (Phi) is 6.14. The van der Waals surface area contributed by atoms with E-state index >= 15 is 0 Å². The van der Waals surface area contributed by atoms with Gasteiger partial charge in [0.2, 0.25) is 0 Å². The zero-order chi connectivity index (χ0) is 13.5. The van der Waals surface area contributed by atoms with Crippen molar-refractivity contribution in [3.05, 3.63) is 20.8 Å². The van der Waals surface area contributed by atoms with Gasteiger partial charge in [-0.05, 0) is 28.4 Å². The molecule has 100 valence electrons. The lowest BCUT2D eigenvalue weighted by Gasteiger charge is -2.16. The average Bonchev–Trinajstić information content (AvgIpc) is 2.69. The molecule has 1 aromatic heterocycles. The van der Waals surface area contributed by atoms with Crippen LogP contribution in [0.1, 0.15) is 17.7 Å². The highest BCUT2D eigenvalue weighted by molar-refractivity contribution is 9.10. The summed E-state index contributed by atoms with van der Waals surface area (Å²) in [5, 5.41) is 13.1. The number of halogens is 1. The molecule has 0 unspecified atom stereocenters. The second-order valence-corrected chi connectivity index (χ2v) is 5.73. The summed E-state index contributed by atoms with van der Waals surface area (Å²) in [6.45, 7) is 0.921. The minimum Gasteiger partial charge on any atom is -0.481 e. The topological polar surface area (TPSA) is 69.6 Å². The molecule has 0 aliphatic heterocycles. The van der Waals surface area contributed by atoms with Crippen molar-refractivity contribution < 1.29 is 14.7 Å². The molecule has 2 amide bonds. The zero-order valence-electron chi connectivity index (χ0n) is 9.98. The van der Waals surface area contributed by atoms with Crippen molar-refractivity contribution in [1.29, 1.82) is 0 Å². The molecule has 2 N–H and O–H groups in total. The van der Waals surface area contributed by atoms with Crippen LogP contribution in [0, 0.1) is 0 Å². The fourth-order valence-electron chi connectivity index (χ4n) is 1.31. The number of hydrogen-bond acceptors (Lipinski definition) is 3. The summed E-state index contributed by atoms with van der Waals surface area (Å²) in [7, 11) is 1.71. The standard InChI is InChI=1S/C11H15BrN2O3S/c1-14(6-9-5-8(12)7-18-9)11(17)13-4-2-3-10(15)16/h5,7H,2-4,6H2,1H3,(H,13,17)(H,15,16). The first kappa shape index (κ1) is 15.0. The van der Waals surface area contributed by atoms with Crippen LogP contribution in [0.2, 0.25) is 0 Å². The van der Waals surface area contributed by atoms with E-state index in [4.69, 9.17) is 5.11 Å². The second-order valence-electron chi connectivity index (χ2n) is 3.82. The Bertz CT molecular complexity index is 422. The number of nitrogens with one attached hydrogen (secondary N) is 1. The van der Waals surface area contributed by atoms with Crippen molar-refractivity contribution in [3.63, 3.8) is 0 Å². The molecular formula is C11H15BrN2O3S. The van der Waals surface area contributed by atoms with Crippen molar-refractivity contribution in [1.82, 2.24) is 10.2 Å². The average molecular weight is 335 g/mol. The van der Waals surface area contributed by atoms with Gasteiger partial charge in [0, 0.05) is 34.7 Å². The number of carbonyl (C=O) groups is 2. The lowest BCUT2D eigenvalue weighted by Crippen LogP contribution is -2.37. The first-order chi connectivity index (χ1) is 8.49. The van der Waals surface area contributed by atoms with Gasteiger partial charge in [-0.1, -0.05) is 0 Å². The van der Waals surface area contributed by atoms with Crippen LogP contribution in [-0.2, 0) is 11.3 Å². The predicted octanol–water partition coefficient (Wildman–Crippen LogP) is 2.52. The summed E-state index contributed by atoms with van der Waals surface area (Å²) < 4.78 is 1.01. The van der Waals surface area contributed by atoms with E-state index in [2.05, 4.69) is 21.2 Å². The van der Waals surface area contributed by atoms with Crippen LogP contribution in [0.3, 0.4) is 0 Å². The smallest absolute Gasteiger partial charge is 0.317 e. The fourth-order valence-corrected chi connectivity index (χ4v) is 2.82. The zero-order valence-corrected chi connectivity index (χ0v) is 12.4. The Balaban J connectivity index is 2.26. The van der Waals surface area contributed by atoms with E-state index in [1.807, 2.05) is 11.4 Å². The molecule has 0 aliphatic carbocycles. The van der Waals surface area contributed by atoms with E-state index < -0.39 is 5.97 Å². The van der Waals surface area contributed by atoms with E-state index in [9.17, 15) is 9.59 Å². The second kappa shape index (κ2) is 7.38. The lowest BCUT2D eigenvalue weighted by molar-refractivity contribution is -0.137. The molecule has 0 radical (unpaired) electrons. The largest absolute Gasteiger partial charge is 0.481 e. The van der Waals surface area contributed by atoms with Gasteiger partial charge in [-0.15, -0.1) is 11.3 Å². The lowest BCUT2D eigenvalue weighted by atomic mass is 10.3. The van der Waals surface area contributed by atoms with Gasteiger partial charge in [0.25, 0.3) is 0 Å². The van der Waals surface area contributed by atoms with Crippen LogP contribution >= 0.6 is 27.3 Å². The van der Waals surface area contributed by atoms with Crippen molar-refractivity contribution >= 4 is 39.3 Å². The molecule has 1 rings (SSSR count). The Morgan fingerprint density at radius 3 is 2.83 bits per heavy atom. The van der Waals surface area contributed by atoms with Crippen LogP contribution in [0.25, 0.3) is 0 Å². The molecule has 0 atom stereocenters. The Labute approximate surface area is 118 Å². The van der Waals surface area contributed by atoms with Crippen LogP contribution in [0.5, 0.6) is 0 Å². The number of carboxylic acids is 1. The molecule has 0 fully saturated rings. The van der Waals surface area contributed by atoms with E-state index in [1.54, 1.807) is 23.3 Å². The number of aliphatic carboxylic acids is 1. The molecule has 7 heteroatoms. The summed E-state index contributed by atoms with van der Waals surface area (Å²) >= 11 is 4.94. The first-order valence-corrected chi connectivity index (χ1v) is 7.10. The first-order valence-electron chi connectivity index (χ1n) is 5.42. The summed E-state index contributed by atoms with van der Waals surface area (Å²) in [6.07, 6.45) is 0.515. The van der Waals surface area contributed by atoms with E-state index in [1.165, 1.54) is 0 Å². The van der Waals surface area contributed by atoms with E-state index in [-0.39, 0.29) is 12.5 Å². The highest BCUT2D eigenvalue weighted by Gasteiger charge is 2.09. The molecule has 1 heterocycles. The molecule has 0 aliphatic rings. The molecule has 18 heavy (non-hydrogen) atoms. The fraction of sp³-hybridized carbons (Fsp3) is 0.455. The van der Waals surface area contributed by atoms with Gasteiger partial charge in [0.05, 0.1) is 6.54 Å². The number of amides is 2. The van der Waals surface area contributed by atoms with Crippen molar-refractivity contribution in [2.75, 3.05) is 13.6 Å². The van der Waals surface area contributed by atoms with Crippen molar-refractivity contribution in [2.45, 2.75) is 19.4 Å². The summed E-state index contributed by atoms with van der Waals surface area (Å²) in [6, 6.07) is 1.78. The predicted molar refractivity (Wildman–Crippen MR) is 73.8 cm³/mol. The number of nitrogens with zero attached hydrogens (tertiary/aromatic N) is 1. The van der Waals surface area contributed by atoms with Gasteiger partial charge in [0.1, 0.15) is 0 Å². The maximum absolute atomic E-state index is 11.7. The normalized spacial score (nSPS) is 10.1. The number of urea groups is 1. The van der Waals surface area contributed by atoms with E-state index in [0.29, 0.717) is 19.5 Å². The molecule has 5 nitrogen and oxygen atoms in total. The SMILES string of the molecule is CN(Cc1cc(Br)cs1)C(=O)NCCCC(=O)O. The van der Waals surface area contributed by atoms with Gasteiger partial charge in [0.15, 0.2) is 0 Å². The number of carbonyl (C=O) groups excluding carboxylic acids is 1. The Morgan fingerprint density at radius 1 is 1.56 bits per heavy atom. The third kappa shape index (κ3) is 5.50. The third-order valence-corrected chi connectivity index (χ3v) is 3.89. The molecule has 1 aromatic rings. The number of carboxylic acid groups (broad SMARTS) is 1. The van der Waals surface area contributed by atoms with Gasteiger partial charge in [-0.25, -0.2) is 4.79 Å². The Hall–Kier alpha value is -1.08. The number of hydrogen-bond donors (Lipinski definition) is 2. The van der Waals surface area contributed by atoms with Crippen LogP contribution < -0.4 is 5.32 Å². The third-order valence-electron chi connectivity index (χ3n) is 2.21. The number of rotatable bonds is 6. The molecule has 0 spiro atoms. The van der Waals surface area contributed by atoms with Crippen LogP contribution in [-0.4, -0.2) is 35.6 Å². The summed E-state index contributed by atoms with van der Waals surface area (Å²) in [5.74, 6) is -0.846. The van der Waals surface area contributed by atoms with Gasteiger partial charge in [-0.2, -0.15) is 0 Å². The van der Waals surface area contributed by atoms with Gasteiger partial charge >= 0.3 is 12.0 Å². The van der Waals surface area contributed by atoms with Gasteiger partial charge in [-0.3, -0.25) is 4.79 Å². The molecular weight excluding hydrogens is 320 g/mol. The van der Waals surface area contributed by atoms with Crippen LogP contribution in [0.15, 0.2) is 15.9 Å². The Morgan fingerprint density at radius 2 is 2.28 bits per heavy atom. The van der Waals surface area contributed by atoms with Crippen molar-refractivity contribution in [2.24, 2.45) is 0 Å². The highest BCUT2D eigenvalue weighted by Crippen LogP contribution is 2.20. The molecule has 0 bridgehead atoms. The highest BCUT2D eigenvalue weighted by atomic mass is 79.9. The quantitative estimate of drug-likeness (QED) is 0.785. The summed E-state index contributed by atoms with van der Waals surface area (Å²) in [5.41, 5.74) is 0. The number of thiophene rings is 1. The maximum atomic E-state index is 11.7. The summed E-state index contributed by atoms with van der Waals surface area (Å²) in [4.78, 5) is 24.6. The van der Waals surface area contributed by atoms with Crippen LogP contribution in [0.4, 0.5) is 4.79 Å². The molecule has 0 saturated carbocycles. The van der Waals surface area contributed by atoms with Crippen molar-refractivity contribution in [3.8, 4) is 0 Å². The monoisotopic (exact) mass is 334 g/mol. The minimum atomic E-state index is -0.846. The molecule has 0 aromatic carbocycles. The van der Waals surface area contributed by atoms with Gasteiger partial charge < -0.3 is 15.3 Å². The minimum absolute atomic E-state index is 0.0713. The molecule has 0 saturated heterocycles.